The summed E-state index contributed by atoms with van der Waals surface area (Å²) in [7, 11) is 0. The predicted molar refractivity (Wildman–Crippen MR) is 73.4 cm³/mol. The van der Waals surface area contributed by atoms with Crippen LogP contribution in [0.2, 0.25) is 0 Å². The van der Waals surface area contributed by atoms with Crippen LogP contribution in [0.4, 0.5) is 0 Å². The Labute approximate surface area is 110 Å². The average molecular weight is 261 g/mol. The highest BCUT2D eigenvalue weighted by molar-refractivity contribution is 7.13. The summed E-state index contributed by atoms with van der Waals surface area (Å²) < 4.78 is 0. The van der Waals surface area contributed by atoms with Gasteiger partial charge in [0.2, 0.25) is 0 Å². The monoisotopic (exact) mass is 261 g/mol. The van der Waals surface area contributed by atoms with Crippen molar-refractivity contribution in [2.75, 3.05) is 13.1 Å². The number of nitrogens with one attached hydrogen (secondary N) is 1. The molecule has 1 aromatic carbocycles. The fraction of sp³-hybridized carbons (Fsp3) is 0.286. The predicted octanol–water partition coefficient (Wildman–Crippen LogP) is 2.51. The number of fused-ring (bicyclic) bond motifs is 1. The molecule has 0 atom stereocenters. The number of phenolic OH excluding ortho intramolecular Hbond substituents is 2. The summed E-state index contributed by atoms with van der Waals surface area (Å²) in [5, 5.41) is 25.4. The van der Waals surface area contributed by atoms with Gasteiger partial charge in [-0.05, 0) is 54.6 Å². The largest absolute Gasteiger partial charge is 0.504 e. The van der Waals surface area contributed by atoms with Gasteiger partial charge in [0.15, 0.2) is 11.5 Å². The average Bonchev–Trinajstić information content (AvgIpc) is 2.78. The molecule has 0 unspecified atom stereocenters. The summed E-state index contributed by atoms with van der Waals surface area (Å²) in [5.41, 5.74) is 3.11. The fourth-order valence-corrected chi connectivity index (χ4v) is 3.31. The smallest absolute Gasteiger partial charge is 0.166 e. The van der Waals surface area contributed by atoms with Gasteiger partial charge in [0.25, 0.3) is 0 Å². The lowest BCUT2D eigenvalue weighted by molar-refractivity contribution is 0.404. The molecule has 2 heterocycles. The van der Waals surface area contributed by atoms with E-state index in [1.54, 1.807) is 17.4 Å². The van der Waals surface area contributed by atoms with Crippen LogP contribution in [0.1, 0.15) is 11.1 Å². The van der Waals surface area contributed by atoms with Crippen LogP contribution in [0.3, 0.4) is 0 Å². The zero-order valence-corrected chi connectivity index (χ0v) is 10.8. The maximum atomic E-state index is 10.2. The van der Waals surface area contributed by atoms with E-state index in [0.717, 1.165) is 47.5 Å². The van der Waals surface area contributed by atoms with Crippen LogP contribution in [0, 0.1) is 0 Å². The molecule has 1 aliphatic heterocycles. The van der Waals surface area contributed by atoms with Crippen LogP contribution in [0.15, 0.2) is 23.6 Å². The molecular weight excluding hydrogens is 246 g/mol. The van der Waals surface area contributed by atoms with E-state index in [0.29, 0.717) is 0 Å². The normalized spacial score (nSPS) is 15.1. The number of hydrogen-bond donors (Lipinski definition) is 3. The van der Waals surface area contributed by atoms with Crippen molar-refractivity contribution in [2.24, 2.45) is 0 Å². The summed E-state index contributed by atoms with van der Waals surface area (Å²) in [4.78, 5) is 1.02. The molecule has 4 heteroatoms. The van der Waals surface area contributed by atoms with Crippen LogP contribution >= 0.6 is 11.3 Å². The number of hydrogen-bond acceptors (Lipinski definition) is 4. The first kappa shape index (κ1) is 11.6. The van der Waals surface area contributed by atoms with Crippen LogP contribution in [-0.2, 0) is 12.8 Å². The van der Waals surface area contributed by atoms with E-state index in [4.69, 9.17) is 0 Å². The minimum atomic E-state index is -0.0148. The van der Waals surface area contributed by atoms with Crippen molar-refractivity contribution in [2.45, 2.75) is 12.8 Å². The van der Waals surface area contributed by atoms with Gasteiger partial charge in [-0.25, -0.2) is 0 Å². The lowest BCUT2D eigenvalue weighted by atomic mass is 9.94. The Kier molecular flexibility index (Phi) is 2.97. The molecule has 18 heavy (non-hydrogen) atoms. The van der Waals surface area contributed by atoms with Crippen molar-refractivity contribution in [1.29, 1.82) is 0 Å². The van der Waals surface area contributed by atoms with E-state index in [-0.39, 0.29) is 11.5 Å². The zero-order valence-electron chi connectivity index (χ0n) is 9.94. The van der Waals surface area contributed by atoms with E-state index >= 15 is 0 Å². The molecule has 1 aromatic heterocycles. The van der Waals surface area contributed by atoms with E-state index in [1.807, 2.05) is 17.5 Å². The molecule has 0 amide bonds. The lowest BCUT2D eigenvalue weighted by Crippen LogP contribution is -2.16. The minimum absolute atomic E-state index is 0.0121. The van der Waals surface area contributed by atoms with Crippen LogP contribution in [0.5, 0.6) is 11.5 Å². The summed E-state index contributed by atoms with van der Waals surface area (Å²) >= 11 is 1.59. The maximum absolute atomic E-state index is 10.2. The third-order valence-corrected chi connectivity index (χ3v) is 4.26. The molecule has 0 fully saturated rings. The Morgan fingerprint density at radius 2 is 2.00 bits per heavy atom. The van der Waals surface area contributed by atoms with Gasteiger partial charge in [-0.3, -0.25) is 0 Å². The summed E-state index contributed by atoms with van der Waals surface area (Å²) in [5.74, 6) is -0.00264. The molecule has 0 bridgehead atoms. The van der Waals surface area contributed by atoms with Crippen LogP contribution < -0.4 is 5.32 Å². The first-order chi connectivity index (χ1) is 8.77. The van der Waals surface area contributed by atoms with Gasteiger partial charge in [-0.1, -0.05) is 6.07 Å². The quantitative estimate of drug-likeness (QED) is 0.691. The molecule has 0 saturated heterocycles. The van der Waals surface area contributed by atoms with E-state index in [2.05, 4.69) is 5.32 Å². The van der Waals surface area contributed by atoms with Gasteiger partial charge in [0.05, 0.1) is 0 Å². The standard InChI is InChI=1S/C14H15NO2S/c16-11-8-9-3-5-15-6-4-10(9)13(14(11)17)12-2-1-7-18-12/h1-2,7-8,15-17H,3-6H2. The van der Waals surface area contributed by atoms with Crippen molar-refractivity contribution in [3.8, 4) is 21.9 Å². The zero-order chi connectivity index (χ0) is 12.5. The van der Waals surface area contributed by atoms with E-state index in [9.17, 15) is 10.2 Å². The third-order valence-electron chi connectivity index (χ3n) is 3.37. The molecule has 0 radical (unpaired) electrons. The number of thiophene rings is 1. The van der Waals surface area contributed by atoms with Crippen LogP contribution in [0.25, 0.3) is 10.4 Å². The highest BCUT2D eigenvalue weighted by atomic mass is 32.1. The van der Waals surface area contributed by atoms with Gasteiger partial charge in [-0.15, -0.1) is 11.3 Å². The molecule has 0 saturated carbocycles. The molecule has 3 nitrogen and oxygen atoms in total. The Morgan fingerprint density at radius 3 is 2.78 bits per heavy atom. The molecule has 0 spiro atoms. The molecule has 0 aliphatic carbocycles. The molecule has 2 aromatic rings. The Bertz CT molecular complexity index is 564. The number of benzene rings is 1. The van der Waals surface area contributed by atoms with Gasteiger partial charge in [0.1, 0.15) is 0 Å². The molecule has 3 rings (SSSR count). The molecule has 1 aliphatic rings. The second kappa shape index (κ2) is 4.63. The van der Waals surface area contributed by atoms with E-state index < -0.39 is 0 Å². The van der Waals surface area contributed by atoms with Crippen molar-refractivity contribution in [3.63, 3.8) is 0 Å². The summed E-state index contributed by atoms with van der Waals surface area (Å²) in [6.45, 7) is 1.83. The van der Waals surface area contributed by atoms with Gasteiger partial charge < -0.3 is 15.5 Å². The highest BCUT2D eigenvalue weighted by Gasteiger charge is 2.20. The molecular formula is C14H15NO2S. The second-order valence-electron chi connectivity index (χ2n) is 4.48. The maximum Gasteiger partial charge on any atom is 0.166 e. The van der Waals surface area contributed by atoms with Crippen molar-refractivity contribution >= 4 is 11.3 Å². The highest BCUT2D eigenvalue weighted by Crippen LogP contribution is 2.43. The SMILES string of the molecule is Oc1cc2c(c(-c3cccs3)c1O)CCNCC2. The number of rotatable bonds is 1. The Hall–Kier alpha value is -1.52. The van der Waals surface area contributed by atoms with Gasteiger partial charge in [0, 0.05) is 10.4 Å². The van der Waals surface area contributed by atoms with Crippen molar-refractivity contribution < 1.29 is 10.2 Å². The Morgan fingerprint density at radius 1 is 1.17 bits per heavy atom. The van der Waals surface area contributed by atoms with Crippen molar-refractivity contribution in [3.05, 3.63) is 34.7 Å². The van der Waals surface area contributed by atoms with Gasteiger partial charge in [-0.2, -0.15) is 0 Å². The lowest BCUT2D eigenvalue weighted by Gasteiger charge is -2.14. The summed E-state index contributed by atoms with van der Waals surface area (Å²) in [6, 6.07) is 5.65. The third kappa shape index (κ3) is 1.87. The topological polar surface area (TPSA) is 52.5 Å². The van der Waals surface area contributed by atoms with E-state index in [1.165, 1.54) is 0 Å². The van der Waals surface area contributed by atoms with Crippen molar-refractivity contribution in [1.82, 2.24) is 5.32 Å². The first-order valence-electron chi connectivity index (χ1n) is 6.08. The fourth-order valence-electron chi connectivity index (χ4n) is 2.51. The van der Waals surface area contributed by atoms with Gasteiger partial charge >= 0.3 is 0 Å². The minimum Gasteiger partial charge on any atom is -0.504 e. The number of phenols is 2. The summed E-state index contributed by atoms with van der Waals surface area (Å²) in [6.07, 6.45) is 1.78. The van der Waals surface area contributed by atoms with Crippen LogP contribution in [-0.4, -0.2) is 23.3 Å². The first-order valence-corrected chi connectivity index (χ1v) is 6.96. The second-order valence-corrected chi connectivity index (χ2v) is 5.43. The Balaban J connectivity index is 2.25. The number of aromatic hydroxyl groups is 2. The molecule has 94 valence electrons. The molecule has 3 N–H and O–H groups in total.